The zero-order valence-corrected chi connectivity index (χ0v) is 8.30. The fourth-order valence-corrected chi connectivity index (χ4v) is 1.73. The first-order chi connectivity index (χ1) is 7.00. The van der Waals surface area contributed by atoms with E-state index in [4.69, 9.17) is 0 Å². The van der Waals surface area contributed by atoms with Crippen LogP contribution in [0.15, 0.2) is 12.3 Å². The average molecular weight is 216 g/mol. The number of halogens is 3. The maximum absolute atomic E-state index is 12.4. The lowest BCUT2D eigenvalue weighted by Crippen LogP contribution is -2.14. The highest BCUT2D eigenvalue weighted by molar-refractivity contribution is 5.30. The molecule has 0 amide bonds. The molecule has 0 saturated carbocycles. The molecule has 1 aromatic rings. The fraction of sp³-hybridized carbons (Fsp3) is 0.500. The van der Waals surface area contributed by atoms with E-state index in [0.29, 0.717) is 13.1 Å². The number of alkyl halides is 3. The van der Waals surface area contributed by atoms with E-state index in [9.17, 15) is 13.2 Å². The van der Waals surface area contributed by atoms with Crippen molar-refractivity contribution in [2.24, 2.45) is 0 Å². The molecule has 2 rings (SSSR count). The minimum absolute atomic E-state index is 0.595. The van der Waals surface area contributed by atoms with E-state index in [1.165, 1.54) is 6.20 Å². The molecule has 0 aromatic carbocycles. The highest BCUT2D eigenvalue weighted by atomic mass is 19.4. The van der Waals surface area contributed by atoms with Gasteiger partial charge >= 0.3 is 6.18 Å². The minimum atomic E-state index is -4.34. The highest BCUT2D eigenvalue weighted by Gasteiger charge is 2.33. The molecule has 15 heavy (non-hydrogen) atoms. The topological polar surface area (TPSA) is 16.1 Å². The van der Waals surface area contributed by atoms with Gasteiger partial charge in [0, 0.05) is 19.3 Å². The monoisotopic (exact) mass is 216 g/mol. The van der Waals surface area contributed by atoms with Gasteiger partial charge in [-0.1, -0.05) is 6.92 Å². The van der Waals surface area contributed by atoms with Crippen LogP contribution in [0, 0.1) is 0 Å². The molecule has 0 fully saturated rings. The molecular formula is C10H11F3N2. The van der Waals surface area contributed by atoms with Gasteiger partial charge in [-0.3, -0.25) is 9.88 Å². The lowest BCUT2D eigenvalue weighted by atomic mass is 10.1. The maximum atomic E-state index is 12.4. The van der Waals surface area contributed by atoms with Crippen LogP contribution < -0.4 is 0 Å². The summed E-state index contributed by atoms with van der Waals surface area (Å²) in [4.78, 5) is 5.51. The standard InChI is InChI=1S/C10H11F3N2/c1-2-15-5-7-3-9(10(11,12)13)14-4-8(7)6-15/h3-4H,2,5-6H2,1H3. The third kappa shape index (κ3) is 1.97. The van der Waals surface area contributed by atoms with Crippen LogP contribution in [-0.2, 0) is 19.3 Å². The molecular weight excluding hydrogens is 205 g/mol. The maximum Gasteiger partial charge on any atom is 0.433 e. The van der Waals surface area contributed by atoms with E-state index in [2.05, 4.69) is 9.88 Å². The SMILES string of the molecule is CCN1Cc2cnc(C(F)(F)F)cc2C1. The Bertz CT molecular complexity index is 373. The van der Waals surface area contributed by atoms with Crippen molar-refractivity contribution in [1.29, 1.82) is 0 Å². The van der Waals surface area contributed by atoms with Crippen molar-refractivity contribution in [3.05, 3.63) is 29.1 Å². The Morgan fingerprint density at radius 1 is 1.33 bits per heavy atom. The second-order valence-corrected chi connectivity index (χ2v) is 3.64. The zero-order valence-electron chi connectivity index (χ0n) is 8.30. The molecule has 0 unspecified atom stereocenters. The first-order valence-electron chi connectivity index (χ1n) is 4.78. The first-order valence-corrected chi connectivity index (χ1v) is 4.78. The Labute approximate surface area is 85.7 Å². The first kappa shape index (κ1) is 10.4. The molecule has 0 atom stereocenters. The van der Waals surface area contributed by atoms with Gasteiger partial charge in [0.05, 0.1) is 0 Å². The van der Waals surface area contributed by atoms with Crippen LogP contribution in [0.25, 0.3) is 0 Å². The van der Waals surface area contributed by atoms with Crippen molar-refractivity contribution in [2.75, 3.05) is 6.54 Å². The largest absolute Gasteiger partial charge is 0.433 e. The van der Waals surface area contributed by atoms with Crippen LogP contribution >= 0.6 is 0 Å². The van der Waals surface area contributed by atoms with Gasteiger partial charge in [0.2, 0.25) is 0 Å². The summed E-state index contributed by atoms with van der Waals surface area (Å²) in [6.07, 6.45) is -3.00. The molecule has 2 heterocycles. The van der Waals surface area contributed by atoms with E-state index in [1.807, 2.05) is 6.92 Å². The molecule has 0 N–H and O–H groups in total. The lowest BCUT2D eigenvalue weighted by Gasteiger charge is -2.09. The molecule has 1 aliphatic heterocycles. The fourth-order valence-electron chi connectivity index (χ4n) is 1.73. The summed E-state index contributed by atoms with van der Waals surface area (Å²) < 4.78 is 37.1. The molecule has 0 radical (unpaired) electrons. The van der Waals surface area contributed by atoms with E-state index in [-0.39, 0.29) is 0 Å². The van der Waals surface area contributed by atoms with Gasteiger partial charge in [-0.15, -0.1) is 0 Å². The van der Waals surface area contributed by atoms with Gasteiger partial charge in [0.1, 0.15) is 5.69 Å². The van der Waals surface area contributed by atoms with Crippen LogP contribution in [-0.4, -0.2) is 16.4 Å². The predicted octanol–water partition coefficient (Wildman–Crippen LogP) is 2.44. The summed E-state index contributed by atoms with van der Waals surface area (Å²) in [5.41, 5.74) is 0.864. The number of rotatable bonds is 1. The molecule has 0 bridgehead atoms. The summed E-state index contributed by atoms with van der Waals surface area (Å²) in [7, 11) is 0. The molecule has 0 spiro atoms. The van der Waals surface area contributed by atoms with Gasteiger partial charge in [-0.05, 0) is 23.7 Å². The third-order valence-electron chi connectivity index (χ3n) is 2.61. The number of hydrogen-bond acceptors (Lipinski definition) is 2. The third-order valence-corrected chi connectivity index (χ3v) is 2.61. The van der Waals surface area contributed by atoms with Gasteiger partial charge in [-0.2, -0.15) is 13.2 Å². The summed E-state index contributed by atoms with van der Waals surface area (Å²) >= 11 is 0. The molecule has 2 nitrogen and oxygen atoms in total. The van der Waals surface area contributed by atoms with Crippen LogP contribution in [0.2, 0.25) is 0 Å². The van der Waals surface area contributed by atoms with Gasteiger partial charge in [0.25, 0.3) is 0 Å². The number of fused-ring (bicyclic) bond motifs is 1. The predicted molar refractivity (Wildman–Crippen MR) is 49.0 cm³/mol. The Morgan fingerprint density at radius 3 is 2.60 bits per heavy atom. The lowest BCUT2D eigenvalue weighted by molar-refractivity contribution is -0.141. The second kappa shape index (κ2) is 3.48. The number of pyridine rings is 1. The Kier molecular flexibility index (Phi) is 2.42. The summed E-state index contributed by atoms with van der Waals surface area (Å²) in [6, 6.07) is 1.16. The molecule has 1 aromatic heterocycles. The molecule has 0 aliphatic carbocycles. The van der Waals surface area contributed by atoms with Gasteiger partial charge in [0.15, 0.2) is 0 Å². The summed E-state index contributed by atoms with van der Waals surface area (Å²) in [6.45, 7) is 4.13. The Morgan fingerprint density at radius 2 is 2.00 bits per heavy atom. The van der Waals surface area contributed by atoms with Gasteiger partial charge in [-0.25, -0.2) is 0 Å². The molecule has 5 heteroatoms. The van der Waals surface area contributed by atoms with E-state index in [0.717, 1.165) is 23.7 Å². The second-order valence-electron chi connectivity index (χ2n) is 3.64. The van der Waals surface area contributed by atoms with Crippen molar-refractivity contribution in [3.8, 4) is 0 Å². The van der Waals surface area contributed by atoms with E-state index < -0.39 is 11.9 Å². The summed E-state index contributed by atoms with van der Waals surface area (Å²) in [5, 5.41) is 0. The van der Waals surface area contributed by atoms with Crippen LogP contribution in [0.1, 0.15) is 23.7 Å². The molecule has 82 valence electrons. The quantitative estimate of drug-likeness (QED) is 0.716. The average Bonchev–Trinajstić information content (AvgIpc) is 2.57. The van der Waals surface area contributed by atoms with Crippen molar-refractivity contribution in [3.63, 3.8) is 0 Å². The number of hydrogen-bond donors (Lipinski definition) is 0. The van der Waals surface area contributed by atoms with Crippen molar-refractivity contribution in [2.45, 2.75) is 26.2 Å². The van der Waals surface area contributed by atoms with E-state index >= 15 is 0 Å². The van der Waals surface area contributed by atoms with Gasteiger partial charge < -0.3 is 0 Å². The van der Waals surface area contributed by atoms with Crippen LogP contribution in [0.3, 0.4) is 0 Å². The van der Waals surface area contributed by atoms with E-state index in [1.54, 1.807) is 0 Å². The summed E-state index contributed by atoms with van der Waals surface area (Å²) in [5.74, 6) is 0. The molecule has 0 saturated heterocycles. The minimum Gasteiger partial charge on any atom is -0.295 e. The van der Waals surface area contributed by atoms with Crippen molar-refractivity contribution < 1.29 is 13.2 Å². The normalized spacial score (nSPS) is 16.8. The smallest absolute Gasteiger partial charge is 0.295 e. The number of aromatic nitrogens is 1. The number of nitrogens with zero attached hydrogens (tertiary/aromatic N) is 2. The van der Waals surface area contributed by atoms with Crippen molar-refractivity contribution in [1.82, 2.24) is 9.88 Å². The highest BCUT2D eigenvalue weighted by Crippen LogP contribution is 2.31. The van der Waals surface area contributed by atoms with Crippen LogP contribution in [0.5, 0.6) is 0 Å². The zero-order chi connectivity index (χ0) is 11.1. The van der Waals surface area contributed by atoms with Crippen molar-refractivity contribution >= 4 is 0 Å². The Hall–Kier alpha value is -1.10. The molecule has 1 aliphatic rings. The Balaban J connectivity index is 2.30. The van der Waals surface area contributed by atoms with Crippen LogP contribution in [0.4, 0.5) is 13.2 Å².